The van der Waals surface area contributed by atoms with Crippen molar-refractivity contribution >= 4 is 34.0 Å². The maximum Gasteiger partial charge on any atom is 0.341 e. The molecule has 1 aromatic heterocycles. The first-order valence-electron chi connectivity index (χ1n) is 8.29. The Hall–Kier alpha value is -2.74. The van der Waals surface area contributed by atoms with Crippen LogP contribution in [-0.4, -0.2) is 30.4 Å². The van der Waals surface area contributed by atoms with E-state index in [0.29, 0.717) is 10.4 Å². The third kappa shape index (κ3) is 4.71. The molecule has 0 saturated heterocycles. The fraction of sp³-hybridized carbons (Fsp3) is 0.316. The first kappa shape index (κ1) is 20.6. The average Bonchev–Trinajstić information content (AvgIpc) is 2.93. The number of hydrogen-bond donors (Lipinski definition) is 1. The smallest absolute Gasteiger partial charge is 0.341 e. The van der Waals surface area contributed by atoms with E-state index in [1.165, 1.54) is 32.0 Å². The Morgan fingerprint density at radius 1 is 1.26 bits per heavy atom. The summed E-state index contributed by atoms with van der Waals surface area (Å²) in [6.07, 6.45) is -1.03. The van der Waals surface area contributed by atoms with Gasteiger partial charge in [0.05, 0.1) is 17.0 Å². The summed E-state index contributed by atoms with van der Waals surface area (Å²) in [6.45, 7) is 6.27. The molecular formula is C19H20FNO5S. The third-order valence-electron chi connectivity index (χ3n) is 3.69. The minimum atomic E-state index is -1.03. The molecule has 1 heterocycles. The van der Waals surface area contributed by atoms with Gasteiger partial charge in [-0.2, -0.15) is 0 Å². The summed E-state index contributed by atoms with van der Waals surface area (Å²) in [5, 5.41) is 2.78. The van der Waals surface area contributed by atoms with E-state index in [0.717, 1.165) is 11.3 Å². The highest BCUT2D eigenvalue weighted by molar-refractivity contribution is 7.18. The lowest BCUT2D eigenvalue weighted by Crippen LogP contribution is -2.30. The maximum absolute atomic E-state index is 13.7. The molecule has 0 fully saturated rings. The molecule has 144 valence electrons. The van der Waals surface area contributed by atoms with E-state index >= 15 is 0 Å². The van der Waals surface area contributed by atoms with Gasteiger partial charge in [0.15, 0.2) is 23.5 Å². The van der Waals surface area contributed by atoms with Crippen LogP contribution in [0.2, 0.25) is 0 Å². The van der Waals surface area contributed by atoms with Crippen LogP contribution in [0.1, 0.15) is 46.4 Å². The van der Waals surface area contributed by atoms with Gasteiger partial charge in [0, 0.05) is 0 Å². The van der Waals surface area contributed by atoms with Crippen LogP contribution >= 0.6 is 11.3 Å². The monoisotopic (exact) mass is 393 g/mol. The molecule has 2 rings (SSSR count). The van der Waals surface area contributed by atoms with Crippen LogP contribution in [0.15, 0.2) is 24.3 Å². The van der Waals surface area contributed by atoms with Crippen molar-refractivity contribution in [1.29, 1.82) is 0 Å². The van der Waals surface area contributed by atoms with Crippen molar-refractivity contribution in [1.82, 2.24) is 0 Å². The third-order valence-corrected chi connectivity index (χ3v) is 5.00. The summed E-state index contributed by atoms with van der Waals surface area (Å²) in [4.78, 5) is 36.9. The second kappa shape index (κ2) is 8.77. The number of carbonyl (C=O) groups is 3. The fourth-order valence-electron chi connectivity index (χ4n) is 2.38. The number of ketones is 1. The largest absolute Gasteiger partial charge is 0.478 e. The zero-order valence-corrected chi connectivity index (χ0v) is 16.2. The zero-order chi connectivity index (χ0) is 20.1. The van der Waals surface area contributed by atoms with Crippen molar-refractivity contribution in [3.8, 4) is 5.75 Å². The number of hydrogen-bond acceptors (Lipinski definition) is 6. The van der Waals surface area contributed by atoms with Crippen LogP contribution in [-0.2, 0) is 9.53 Å². The van der Waals surface area contributed by atoms with Gasteiger partial charge < -0.3 is 14.8 Å². The molecule has 1 N–H and O–H groups in total. The van der Waals surface area contributed by atoms with E-state index in [9.17, 15) is 18.8 Å². The number of para-hydroxylation sites is 1. The van der Waals surface area contributed by atoms with Crippen LogP contribution in [0.5, 0.6) is 5.75 Å². The van der Waals surface area contributed by atoms with Gasteiger partial charge in [-0.25, -0.2) is 9.18 Å². The molecule has 0 aliphatic heterocycles. The first-order valence-corrected chi connectivity index (χ1v) is 9.11. The number of benzene rings is 1. The molecule has 0 aliphatic rings. The minimum Gasteiger partial charge on any atom is -0.478 e. The number of carbonyl (C=O) groups excluding carboxylic acids is 3. The number of amides is 1. The lowest BCUT2D eigenvalue weighted by Gasteiger charge is -2.15. The molecule has 0 bridgehead atoms. The van der Waals surface area contributed by atoms with Gasteiger partial charge in [0.25, 0.3) is 5.91 Å². The van der Waals surface area contributed by atoms with Crippen LogP contribution in [0, 0.1) is 12.7 Å². The molecular weight excluding hydrogens is 373 g/mol. The molecule has 0 radical (unpaired) electrons. The normalized spacial score (nSPS) is 11.6. The number of esters is 1. The quantitative estimate of drug-likeness (QED) is 0.568. The van der Waals surface area contributed by atoms with Crippen LogP contribution in [0.25, 0.3) is 0 Å². The van der Waals surface area contributed by atoms with Crippen LogP contribution in [0.3, 0.4) is 0 Å². The topological polar surface area (TPSA) is 81.7 Å². The summed E-state index contributed by atoms with van der Waals surface area (Å²) in [7, 11) is 0. The van der Waals surface area contributed by atoms with Crippen molar-refractivity contribution in [2.24, 2.45) is 0 Å². The summed E-state index contributed by atoms with van der Waals surface area (Å²) in [6, 6.07) is 5.73. The number of Topliss-reactive ketones (excluding diaryl/α,β-unsaturated/α-hetero) is 1. The Kier molecular flexibility index (Phi) is 6.68. The molecule has 0 saturated carbocycles. The SMILES string of the molecule is CCOC(=O)c1c(NC(=O)[C@@H](C)Oc2ccccc2F)sc(C(C)=O)c1C. The number of rotatable bonds is 7. The van der Waals surface area contributed by atoms with Gasteiger partial charge in [0.1, 0.15) is 5.00 Å². The van der Waals surface area contributed by atoms with E-state index in [4.69, 9.17) is 9.47 Å². The Labute approximate surface area is 160 Å². The lowest BCUT2D eigenvalue weighted by molar-refractivity contribution is -0.122. The van der Waals surface area contributed by atoms with Gasteiger partial charge in [-0.05, 0) is 45.4 Å². The average molecular weight is 393 g/mol. The Balaban J connectivity index is 2.25. The number of halogens is 1. The lowest BCUT2D eigenvalue weighted by atomic mass is 10.1. The molecule has 1 aromatic carbocycles. The highest BCUT2D eigenvalue weighted by Gasteiger charge is 2.27. The molecule has 0 spiro atoms. The Morgan fingerprint density at radius 2 is 1.93 bits per heavy atom. The van der Waals surface area contributed by atoms with Crippen LogP contribution < -0.4 is 10.1 Å². The van der Waals surface area contributed by atoms with Gasteiger partial charge >= 0.3 is 5.97 Å². The summed E-state index contributed by atoms with van der Waals surface area (Å²) >= 11 is 0.992. The van der Waals surface area contributed by atoms with Crippen LogP contribution in [0.4, 0.5) is 9.39 Å². The molecule has 1 atom stereocenters. The molecule has 6 nitrogen and oxygen atoms in total. The number of nitrogens with one attached hydrogen (secondary N) is 1. The Bertz CT molecular complexity index is 877. The predicted octanol–water partition coefficient (Wildman–Crippen LogP) is 3.98. The standard InChI is InChI=1S/C19H20FNO5S/c1-5-25-19(24)15-10(2)16(11(3)22)27-18(15)21-17(23)12(4)26-14-9-7-6-8-13(14)20/h6-9,12H,5H2,1-4H3,(H,21,23)/t12-/m1/s1. The minimum absolute atomic E-state index is 0.0578. The molecule has 2 aromatic rings. The van der Waals surface area contributed by atoms with E-state index in [1.807, 2.05) is 0 Å². The van der Waals surface area contributed by atoms with Crippen molar-refractivity contribution in [3.63, 3.8) is 0 Å². The van der Waals surface area contributed by atoms with Crippen molar-refractivity contribution in [3.05, 3.63) is 46.1 Å². The predicted molar refractivity (Wildman–Crippen MR) is 100 cm³/mol. The second-order valence-electron chi connectivity index (χ2n) is 5.72. The van der Waals surface area contributed by atoms with Crippen molar-refractivity contribution < 1.29 is 28.2 Å². The number of ether oxygens (including phenoxy) is 2. The zero-order valence-electron chi connectivity index (χ0n) is 15.4. The molecule has 27 heavy (non-hydrogen) atoms. The molecule has 1 amide bonds. The fourth-order valence-corrected chi connectivity index (χ4v) is 3.48. The highest BCUT2D eigenvalue weighted by Crippen LogP contribution is 2.34. The summed E-state index contributed by atoms with van der Waals surface area (Å²) < 4.78 is 24.1. The maximum atomic E-state index is 13.7. The number of anilines is 1. The van der Waals surface area contributed by atoms with E-state index in [2.05, 4.69) is 5.32 Å². The first-order chi connectivity index (χ1) is 12.8. The number of thiophene rings is 1. The van der Waals surface area contributed by atoms with E-state index in [-0.39, 0.29) is 28.7 Å². The van der Waals surface area contributed by atoms with Gasteiger partial charge in [0.2, 0.25) is 0 Å². The molecule has 8 heteroatoms. The highest BCUT2D eigenvalue weighted by atomic mass is 32.1. The summed E-state index contributed by atoms with van der Waals surface area (Å²) in [5.41, 5.74) is 0.586. The van der Waals surface area contributed by atoms with E-state index < -0.39 is 23.8 Å². The van der Waals surface area contributed by atoms with E-state index in [1.54, 1.807) is 19.9 Å². The van der Waals surface area contributed by atoms with Gasteiger partial charge in [-0.15, -0.1) is 11.3 Å². The summed E-state index contributed by atoms with van der Waals surface area (Å²) in [5.74, 6) is -2.08. The Morgan fingerprint density at radius 3 is 2.52 bits per heavy atom. The van der Waals surface area contributed by atoms with Crippen molar-refractivity contribution in [2.45, 2.75) is 33.8 Å². The molecule has 0 aliphatic carbocycles. The molecule has 0 unspecified atom stereocenters. The van der Waals surface area contributed by atoms with Crippen molar-refractivity contribution in [2.75, 3.05) is 11.9 Å². The van der Waals surface area contributed by atoms with Gasteiger partial charge in [-0.3, -0.25) is 9.59 Å². The van der Waals surface area contributed by atoms with Gasteiger partial charge in [-0.1, -0.05) is 12.1 Å². The second-order valence-corrected chi connectivity index (χ2v) is 6.74.